The van der Waals surface area contributed by atoms with Crippen molar-refractivity contribution in [2.45, 2.75) is 32.7 Å². The third kappa shape index (κ3) is 5.64. The molecule has 1 aromatic carbocycles. The van der Waals surface area contributed by atoms with Gasteiger partial charge in [-0.2, -0.15) is 8.78 Å². The maximum Gasteiger partial charge on any atom is 0.319 e. The highest BCUT2D eigenvalue weighted by Crippen LogP contribution is 2.30. The van der Waals surface area contributed by atoms with Crippen molar-refractivity contribution in [3.8, 4) is 0 Å². The molecule has 0 radical (unpaired) electrons. The van der Waals surface area contributed by atoms with E-state index in [0.29, 0.717) is 6.42 Å². The molecule has 1 heterocycles. The van der Waals surface area contributed by atoms with Crippen LogP contribution in [0.15, 0.2) is 24.5 Å². The van der Waals surface area contributed by atoms with Crippen molar-refractivity contribution in [2.75, 3.05) is 11.9 Å². The molecule has 2 rings (SSSR count). The molecule has 0 fully saturated rings. The van der Waals surface area contributed by atoms with E-state index in [9.17, 15) is 18.4 Å². The first kappa shape index (κ1) is 21.1. The Morgan fingerprint density at radius 2 is 2.04 bits per heavy atom. The normalized spacial score (nSPS) is 10.9. The van der Waals surface area contributed by atoms with Crippen molar-refractivity contribution in [1.29, 1.82) is 0 Å². The number of alkyl halides is 2. The van der Waals surface area contributed by atoms with E-state index in [4.69, 9.17) is 23.2 Å². The number of halogens is 4. The van der Waals surface area contributed by atoms with Crippen LogP contribution < -0.4 is 10.6 Å². The zero-order valence-electron chi connectivity index (χ0n) is 14.4. The van der Waals surface area contributed by atoms with Crippen LogP contribution in [0.4, 0.5) is 14.5 Å². The quantitative estimate of drug-likeness (QED) is 0.670. The molecule has 2 amide bonds. The Morgan fingerprint density at radius 1 is 1.30 bits per heavy atom. The molecule has 0 unspecified atom stereocenters. The van der Waals surface area contributed by atoms with Gasteiger partial charge in [0.25, 0.3) is 5.91 Å². The largest absolute Gasteiger partial charge is 0.352 e. The van der Waals surface area contributed by atoms with Gasteiger partial charge in [0, 0.05) is 36.8 Å². The van der Waals surface area contributed by atoms with E-state index in [1.54, 1.807) is 0 Å². The van der Waals surface area contributed by atoms with Gasteiger partial charge >= 0.3 is 6.55 Å². The molecular formula is C17H18Cl2F2N4O2. The van der Waals surface area contributed by atoms with Crippen LogP contribution in [-0.2, 0) is 11.2 Å². The maximum absolute atomic E-state index is 12.8. The van der Waals surface area contributed by atoms with Crippen LogP contribution in [0.3, 0.4) is 0 Å². The number of imidazole rings is 1. The number of carbonyl (C=O) groups excluding carboxylic acids is 2. The van der Waals surface area contributed by atoms with Crippen LogP contribution in [-0.4, -0.2) is 27.9 Å². The van der Waals surface area contributed by atoms with E-state index in [0.717, 1.165) is 4.57 Å². The van der Waals surface area contributed by atoms with Crippen molar-refractivity contribution in [1.82, 2.24) is 14.9 Å². The second-order valence-electron chi connectivity index (χ2n) is 5.64. The van der Waals surface area contributed by atoms with Gasteiger partial charge in [-0.25, -0.2) is 4.98 Å². The molecule has 0 aliphatic heterocycles. The lowest BCUT2D eigenvalue weighted by Gasteiger charge is -2.14. The van der Waals surface area contributed by atoms with Gasteiger partial charge in [0.05, 0.1) is 16.3 Å². The molecule has 0 atom stereocenters. The molecule has 2 N–H and O–H groups in total. The van der Waals surface area contributed by atoms with Crippen molar-refractivity contribution in [3.05, 3.63) is 46.0 Å². The zero-order valence-corrected chi connectivity index (χ0v) is 15.9. The number of hydrogen-bond donors (Lipinski definition) is 2. The summed E-state index contributed by atoms with van der Waals surface area (Å²) >= 11 is 12.1. The number of benzene rings is 1. The van der Waals surface area contributed by atoms with E-state index in [1.165, 1.54) is 24.5 Å². The molecular weight excluding hydrogens is 401 g/mol. The second-order valence-corrected chi connectivity index (χ2v) is 6.49. The van der Waals surface area contributed by atoms with Crippen molar-refractivity contribution in [2.24, 2.45) is 0 Å². The van der Waals surface area contributed by atoms with Crippen LogP contribution in [0.5, 0.6) is 0 Å². The van der Waals surface area contributed by atoms with E-state index < -0.39 is 12.5 Å². The molecule has 0 saturated heterocycles. The number of hydrogen-bond acceptors (Lipinski definition) is 3. The Bertz CT molecular complexity index is 827. The highest BCUT2D eigenvalue weighted by atomic mass is 35.5. The van der Waals surface area contributed by atoms with E-state index in [-0.39, 0.29) is 52.4 Å². The third-order valence-electron chi connectivity index (χ3n) is 3.63. The van der Waals surface area contributed by atoms with Gasteiger partial charge in [-0.1, -0.05) is 30.1 Å². The molecule has 1 aromatic heterocycles. The lowest BCUT2D eigenvalue weighted by molar-refractivity contribution is -0.116. The van der Waals surface area contributed by atoms with E-state index >= 15 is 0 Å². The number of anilines is 1. The van der Waals surface area contributed by atoms with Gasteiger partial charge in [-0.05, 0) is 18.6 Å². The minimum atomic E-state index is -2.70. The predicted molar refractivity (Wildman–Crippen MR) is 99.5 cm³/mol. The van der Waals surface area contributed by atoms with Crippen LogP contribution in [0.25, 0.3) is 0 Å². The summed E-state index contributed by atoms with van der Waals surface area (Å²) in [6.45, 7) is -0.792. The number of nitrogens with one attached hydrogen (secondary N) is 2. The summed E-state index contributed by atoms with van der Waals surface area (Å²) < 4.78 is 26.3. The Kier molecular flexibility index (Phi) is 7.55. The summed E-state index contributed by atoms with van der Waals surface area (Å²) in [6.07, 6.45) is 3.45. The van der Waals surface area contributed by atoms with Gasteiger partial charge in [0.1, 0.15) is 5.82 Å². The molecule has 6 nitrogen and oxygen atoms in total. The lowest BCUT2D eigenvalue weighted by atomic mass is 10.1. The molecule has 146 valence electrons. The standard InChI is InChI=1S/C17H18Cl2F2N4O2/c1-2-3-14(26)24-15-11(8-10(18)9-12(15)19)16(27)23-5-4-13-22-6-7-25(13)17(20)21/h6-9,17H,2-5H2,1H3,(H,23,27)(H,24,26). The first-order valence-electron chi connectivity index (χ1n) is 8.20. The fourth-order valence-corrected chi connectivity index (χ4v) is 2.95. The summed E-state index contributed by atoms with van der Waals surface area (Å²) in [4.78, 5) is 28.2. The van der Waals surface area contributed by atoms with Crippen molar-refractivity contribution in [3.63, 3.8) is 0 Å². The fraction of sp³-hybridized carbons (Fsp3) is 0.353. The van der Waals surface area contributed by atoms with Crippen LogP contribution in [0, 0.1) is 0 Å². The Hall–Kier alpha value is -2.19. The molecule has 0 bridgehead atoms. The first-order chi connectivity index (χ1) is 12.8. The summed E-state index contributed by atoms with van der Waals surface area (Å²) in [5.41, 5.74) is 0.250. The topological polar surface area (TPSA) is 76.0 Å². The van der Waals surface area contributed by atoms with Gasteiger partial charge in [0.15, 0.2) is 0 Å². The maximum atomic E-state index is 12.8. The average Bonchev–Trinajstić information content (AvgIpc) is 3.06. The van der Waals surface area contributed by atoms with Crippen molar-refractivity contribution < 1.29 is 18.4 Å². The van der Waals surface area contributed by atoms with E-state index in [2.05, 4.69) is 15.6 Å². The number of aromatic nitrogens is 2. The van der Waals surface area contributed by atoms with Crippen LogP contribution in [0.1, 0.15) is 42.5 Å². The Labute approximate surface area is 164 Å². The van der Waals surface area contributed by atoms with Gasteiger partial charge in [-0.15, -0.1) is 0 Å². The average molecular weight is 419 g/mol. The SMILES string of the molecule is CCCC(=O)Nc1c(Cl)cc(Cl)cc1C(=O)NCCc1nccn1C(F)F. The molecule has 0 spiro atoms. The predicted octanol–water partition coefficient (Wildman–Crippen LogP) is 4.30. The summed E-state index contributed by atoms with van der Waals surface area (Å²) in [7, 11) is 0. The summed E-state index contributed by atoms with van der Waals surface area (Å²) in [5.74, 6) is -0.679. The van der Waals surface area contributed by atoms with Gasteiger partial charge < -0.3 is 10.6 Å². The molecule has 2 aromatic rings. The molecule has 10 heteroatoms. The van der Waals surface area contributed by atoms with Crippen LogP contribution in [0.2, 0.25) is 10.0 Å². The fourth-order valence-electron chi connectivity index (χ4n) is 2.41. The first-order valence-corrected chi connectivity index (χ1v) is 8.96. The molecule has 0 aliphatic carbocycles. The highest BCUT2D eigenvalue weighted by Gasteiger charge is 2.18. The van der Waals surface area contributed by atoms with Crippen molar-refractivity contribution >= 4 is 40.7 Å². The Morgan fingerprint density at radius 3 is 2.70 bits per heavy atom. The number of carbonyl (C=O) groups is 2. The smallest absolute Gasteiger partial charge is 0.319 e. The van der Waals surface area contributed by atoms with Crippen LogP contribution >= 0.6 is 23.2 Å². The third-order valence-corrected chi connectivity index (χ3v) is 4.15. The minimum absolute atomic E-state index is 0.0645. The van der Waals surface area contributed by atoms with Gasteiger partial charge in [-0.3, -0.25) is 14.2 Å². The summed E-state index contributed by atoms with van der Waals surface area (Å²) in [6, 6.07) is 2.80. The van der Waals surface area contributed by atoms with E-state index in [1.807, 2.05) is 6.92 Å². The Balaban J connectivity index is 2.10. The number of rotatable bonds is 8. The second kappa shape index (κ2) is 9.66. The summed E-state index contributed by atoms with van der Waals surface area (Å²) in [5, 5.41) is 5.57. The van der Waals surface area contributed by atoms with Gasteiger partial charge in [0.2, 0.25) is 5.91 Å². The molecule has 27 heavy (non-hydrogen) atoms. The minimum Gasteiger partial charge on any atom is -0.352 e. The number of amides is 2. The molecule has 0 saturated carbocycles. The monoisotopic (exact) mass is 418 g/mol. The molecule has 0 aliphatic rings. The zero-order chi connectivity index (χ0) is 20.0. The lowest BCUT2D eigenvalue weighted by Crippen LogP contribution is -2.28. The number of nitrogens with zero attached hydrogens (tertiary/aromatic N) is 2. The highest BCUT2D eigenvalue weighted by molar-refractivity contribution is 6.38.